The average molecular weight is 246 g/mol. The van der Waals surface area contributed by atoms with Crippen molar-refractivity contribution < 1.29 is 4.79 Å². The molecule has 1 saturated heterocycles. The number of likely N-dealkylation sites (tertiary alicyclic amines) is 1. The molecular formula is C15H22N2O. The van der Waals surface area contributed by atoms with E-state index in [4.69, 9.17) is 5.73 Å². The Morgan fingerprint density at radius 1 is 1.39 bits per heavy atom. The number of ketones is 1. The van der Waals surface area contributed by atoms with E-state index in [0.29, 0.717) is 12.6 Å². The molecule has 0 unspecified atom stereocenters. The summed E-state index contributed by atoms with van der Waals surface area (Å²) >= 11 is 0. The zero-order chi connectivity index (χ0) is 13.0. The number of Topliss-reactive ketones (excluding diaryl/α,β-unsaturated/α-hetero) is 1. The molecule has 0 radical (unpaired) electrons. The maximum Gasteiger partial charge on any atom is 0.176 e. The number of carbonyl (C=O) groups excluding carboxylic acids is 1. The van der Waals surface area contributed by atoms with Crippen molar-refractivity contribution in [3.8, 4) is 0 Å². The van der Waals surface area contributed by atoms with Gasteiger partial charge >= 0.3 is 0 Å². The summed E-state index contributed by atoms with van der Waals surface area (Å²) in [7, 11) is 0. The van der Waals surface area contributed by atoms with Gasteiger partial charge in [0.2, 0.25) is 0 Å². The quantitative estimate of drug-likeness (QED) is 0.825. The third kappa shape index (κ3) is 3.40. The van der Waals surface area contributed by atoms with E-state index in [1.54, 1.807) is 0 Å². The maximum absolute atomic E-state index is 12.2. The van der Waals surface area contributed by atoms with Crippen molar-refractivity contribution in [3.05, 3.63) is 35.4 Å². The van der Waals surface area contributed by atoms with Crippen LogP contribution in [0, 0.1) is 0 Å². The van der Waals surface area contributed by atoms with Gasteiger partial charge in [-0.25, -0.2) is 0 Å². The minimum atomic E-state index is 0.223. The van der Waals surface area contributed by atoms with Gasteiger partial charge in [-0.05, 0) is 30.9 Å². The average Bonchev–Trinajstić information content (AvgIpc) is 2.41. The van der Waals surface area contributed by atoms with Crippen LogP contribution in [-0.2, 0) is 6.42 Å². The van der Waals surface area contributed by atoms with Crippen molar-refractivity contribution in [1.82, 2.24) is 4.90 Å². The molecule has 0 amide bonds. The molecule has 0 atom stereocenters. The van der Waals surface area contributed by atoms with Gasteiger partial charge in [-0.3, -0.25) is 9.69 Å². The summed E-state index contributed by atoms with van der Waals surface area (Å²) in [5.74, 6) is 0.223. The molecule has 3 heteroatoms. The molecule has 18 heavy (non-hydrogen) atoms. The largest absolute Gasteiger partial charge is 0.328 e. The third-order valence-corrected chi connectivity index (χ3v) is 3.66. The van der Waals surface area contributed by atoms with E-state index in [1.807, 2.05) is 18.2 Å². The Kier molecular flexibility index (Phi) is 4.50. The number of hydrogen-bond acceptors (Lipinski definition) is 3. The first-order chi connectivity index (χ1) is 8.69. The first-order valence-electron chi connectivity index (χ1n) is 6.79. The molecule has 1 aromatic carbocycles. The number of nitrogens with two attached hydrogens (primary N) is 1. The van der Waals surface area contributed by atoms with Crippen LogP contribution in [0.2, 0.25) is 0 Å². The molecule has 0 bridgehead atoms. The monoisotopic (exact) mass is 246 g/mol. The number of hydrogen-bond donors (Lipinski definition) is 1. The fourth-order valence-electron chi connectivity index (χ4n) is 2.37. The first kappa shape index (κ1) is 13.2. The highest BCUT2D eigenvalue weighted by molar-refractivity contribution is 5.97. The standard InChI is InChI=1S/C15H22N2O/c1-2-12-4-3-5-13(10-12)15(18)11-17-8-6-14(16)7-9-17/h3-5,10,14H,2,6-9,11,16H2,1H3. The van der Waals surface area contributed by atoms with Crippen LogP contribution < -0.4 is 5.73 Å². The van der Waals surface area contributed by atoms with Crippen LogP contribution in [0.5, 0.6) is 0 Å². The zero-order valence-electron chi connectivity index (χ0n) is 11.1. The van der Waals surface area contributed by atoms with Crippen molar-refractivity contribution in [2.24, 2.45) is 5.73 Å². The predicted octanol–water partition coefficient (Wildman–Crippen LogP) is 1.85. The maximum atomic E-state index is 12.2. The third-order valence-electron chi connectivity index (χ3n) is 3.66. The van der Waals surface area contributed by atoms with Crippen LogP contribution in [0.1, 0.15) is 35.7 Å². The topological polar surface area (TPSA) is 46.3 Å². The molecule has 0 spiro atoms. The number of benzene rings is 1. The van der Waals surface area contributed by atoms with Gasteiger partial charge in [0.05, 0.1) is 6.54 Å². The minimum Gasteiger partial charge on any atom is -0.328 e. The van der Waals surface area contributed by atoms with Crippen molar-refractivity contribution in [1.29, 1.82) is 0 Å². The summed E-state index contributed by atoms with van der Waals surface area (Å²) in [6.45, 7) is 4.52. The Morgan fingerprint density at radius 2 is 2.11 bits per heavy atom. The van der Waals surface area contributed by atoms with Crippen molar-refractivity contribution in [2.45, 2.75) is 32.2 Å². The minimum absolute atomic E-state index is 0.223. The second kappa shape index (κ2) is 6.12. The van der Waals surface area contributed by atoms with Crippen LogP contribution in [0.4, 0.5) is 0 Å². The number of aryl methyl sites for hydroxylation is 1. The number of nitrogens with zero attached hydrogens (tertiary/aromatic N) is 1. The summed E-state index contributed by atoms with van der Waals surface area (Å²) in [5.41, 5.74) is 7.93. The SMILES string of the molecule is CCc1cccc(C(=O)CN2CCC(N)CC2)c1. The molecule has 0 aromatic heterocycles. The molecule has 2 N–H and O–H groups in total. The van der Waals surface area contributed by atoms with Crippen molar-refractivity contribution in [2.75, 3.05) is 19.6 Å². The van der Waals surface area contributed by atoms with Gasteiger partial charge < -0.3 is 5.73 Å². The van der Waals surface area contributed by atoms with Crippen LogP contribution in [0.15, 0.2) is 24.3 Å². The summed E-state index contributed by atoms with van der Waals surface area (Å²) < 4.78 is 0. The van der Waals surface area contributed by atoms with E-state index in [0.717, 1.165) is 37.9 Å². The normalized spacial score (nSPS) is 17.9. The lowest BCUT2D eigenvalue weighted by molar-refractivity contribution is 0.0910. The van der Waals surface area contributed by atoms with Gasteiger partial charge in [0, 0.05) is 24.7 Å². The van der Waals surface area contributed by atoms with Gasteiger partial charge in [0.25, 0.3) is 0 Å². The molecule has 0 saturated carbocycles. The van der Waals surface area contributed by atoms with E-state index in [1.165, 1.54) is 5.56 Å². The lowest BCUT2D eigenvalue weighted by Crippen LogP contribution is -2.41. The number of piperidine rings is 1. The number of carbonyl (C=O) groups is 1. The van der Waals surface area contributed by atoms with E-state index in [-0.39, 0.29) is 5.78 Å². The van der Waals surface area contributed by atoms with Gasteiger partial charge in [-0.15, -0.1) is 0 Å². The first-order valence-corrected chi connectivity index (χ1v) is 6.79. The summed E-state index contributed by atoms with van der Waals surface area (Å²) in [4.78, 5) is 14.4. The van der Waals surface area contributed by atoms with Crippen LogP contribution in [0.3, 0.4) is 0 Å². The molecule has 2 rings (SSSR count). The lowest BCUT2D eigenvalue weighted by Gasteiger charge is -2.29. The van der Waals surface area contributed by atoms with Gasteiger partial charge in [0.15, 0.2) is 5.78 Å². The Hall–Kier alpha value is -1.19. The molecule has 0 aliphatic carbocycles. The van der Waals surface area contributed by atoms with E-state index >= 15 is 0 Å². The molecule has 98 valence electrons. The molecular weight excluding hydrogens is 224 g/mol. The van der Waals surface area contributed by atoms with Crippen LogP contribution in [-0.4, -0.2) is 36.4 Å². The fourth-order valence-corrected chi connectivity index (χ4v) is 2.37. The fraction of sp³-hybridized carbons (Fsp3) is 0.533. The molecule has 3 nitrogen and oxygen atoms in total. The molecule has 1 aromatic rings. The Labute approximate surface area is 109 Å². The predicted molar refractivity (Wildman–Crippen MR) is 73.8 cm³/mol. The van der Waals surface area contributed by atoms with Crippen LogP contribution >= 0.6 is 0 Å². The lowest BCUT2D eigenvalue weighted by atomic mass is 10.0. The second-order valence-electron chi connectivity index (χ2n) is 5.09. The summed E-state index contributed by atoms with van der Waals surface area (Å²) in [6.07, 6.45) is 2.98. The van der Waals surface area contributed by atoms with Gasteiger partial charge in [-0.2, -0.15) is 0 Å². The highest BCUT2D eigenvalue weighted by atomic mass is 16.1. The molecule has 1 fully saturated rings. The Bertz CT molecular complexity index is 409. The second-order valence-corrected chi connectivity index (χ2v) is 5.09. The number of rotatable bonds is 4. The highest BCUT2D eigenvalue weighted by Crippen LogP contribution is 2.11. The van der Waals surface area contributed by atoms with E-state index < -0.39 is 0 Å². The van der Waals surface area contributed by atoms with E-state index in [9.17, 15) is 4.79 Å². The smallest absolute Gasteiger partial charge is 0.176 e. The molecule has 1 aliphatic heterocycles. The van der Waals surface area contributed by atoms with Crippen LogP contribution in [0.25, 0.3) is 0 Å². The van der Waals surface area contributed by atoms with E-state index in [2.05, 4.69) is 17.9 Å². The molecule has 1 aliphatic rings. The summed E-state index contributed by atoms with van der Waals surface area (Å²) in [6, 6.07) is 8.28. The zero-order valence-corrected chi connectivity index (χ0v) is 11.1. The van der Waals surface area contributed by atoms with Gasteiger partial charge in [0.1, 0.15) is 0 Å². The Balaban J connectivity index is 1.94. The van der Waals surface area contributed by atoms with Crippen molar-refractivity contribution in [3.63, 3.8) is 0 Å². The highest BCUT2D eigenvalue weighted by Gasteiger charge is 2.18. The molecule has 1 heterocycles. The Morgan fingerprint density at radius 3 is 2.78 bits per heavy atom. The summed E-state index contributed by atoms with van der Waals surface area (Å²) in [5, 5.41) is 0. The van der Waals surface area contributed by atoms with Crippen molar-refractivity contribution >= 4 is 5.78 Å². The van der Waals surface area contributed by atoms with Gasteiger partial charge in [-0.1, -0.05) is 25.1 Å².